The zero-order valence-electron chi connectivity index (χ0n) is 24.7. The molecule has 0 spiro atoms. The highest BCUT2D eigenvalue weighted by molar-refractivity contribution is 7.92. The molecule has 7 nitrogen and oxygen atoms in total. The lowest BCUT2D eigenvalue weighted by atomic mass is 10.0. The van der Waals surface area contributed by atoms with Crippen molar-refractivity contribution < 1.29 is 18.0 Å². The van der Waals surface area contributed by atoms with Gasteiger partial charge in [-0.05, 0) is 60.0 Å². The third-order valence-electron chi connectivity index (χ3n) is 7.17. The number of nitrogens with one attached hydrogen (secondary N) is 1. The first-order valence-corrected chi connectivity index (χ1v) is 17.1. The Balaban J connectivity index is 1.79. The fourth-order valence-corrected chi connectivity index (χ4v) is 6.58. The fraction of sp³-hybridized carbons (Fsp3) is 0.235. The molecule has 0 aliphatic rings. The van der Waals surface area contributed by atoms with Gasteiger partial charge < -0.3 is 10.2 Å². The number of carbonyl (C=O) groups is 2. The molecule has 0 aromatic heterocycles. The van der Waals surface area contributed by atoms with Crippen molar-refractivity contribution in [2.45, 2.75) is 43.7 Å². The second-order valence-electron chi connectivity index (χ2n) is 10.4. The molecule has 1 N–H and O–H groups in total. The summed E-state index contributed by atoms with van der Waals surface area (Å²) in [5.41, 5.74) is 1.72. The number of halogens is 3. The van der Waals surface area contributed by atoms with E-state index in [9.17, 15) is 18.0 Å². The summed E-state index contributed by atoms with van der Waals surface area (Å²) in [6.07, 6.45) is 1.87. The zero-order valence-corrected chi connectivity index (χ0v) is 27.8. The average Bonchev–Trinajstić information content (AvgIpc) is 3.04. The second-order valence-corrected chi connectivity index (χ2v) is 13.5. The predicted octanol–water partition coefficient (Wildman–Crippen LogP) is 7.40. The van der Waals surface area contributed by atoms with Gasteiger partial charge in [0.25, 0.3) is 10.0 Å². The fourth-order valence-electron chi connectivity index (χ4n) is 4.74. The van der Waals surface area contributed by atoms with E-state index >= 15 is 0 Å². The standard InChI is InChI=1S/C34H34Cl3N3O4S/c1-2-3-20-38-34(42)32(21-25-10-6-4-7-11-25)39(23-26-14-16-27(35)17-15-26)33(41)24-40(28-18-19-30(36)31(37)22-28)45(43,44)29-12-8-5-9-13-29/h4-19,22,32H,2-3,20-21,23-24H2,1H3,(H,38,42)/t32-/m0/s1. The van der Waals surface area contributed by atoms with Crippen molar-refractivity contribution in [3.05, 3.63) is 129 Å². The molecule has 0 aliphatic carbocycles. The molecule has 0 heterocycles. The summed E-state index contributed by atoms with van der Waals surface area (Å²) in [4.78, 5) is 29.7. The molecule has 0 radical (unpaired) electrons. The van der Waals surface area contributed by atoms with Crippen molar-refractivity contribution in [1.29, 1.82) is 0 Å². The van der Waals surface area contributed by atoms with Crippen molar-refractivity contribution in [3.63, 3.8) is 0 Å². The smallest absolute Gasteiger partial charge is 0.264 e. The van der Waals surface area contributed by atoms with E-state index in [-0.39, 0.29) is 39.5 Å². The third kappa shape index (κ3) is 9.23. The lowest BCUT2D eigenvalue weighted by Crippen LogP contribution is -2.53. The van der Waals surface area contributed by atoms with Crippen LogP contribution < -0.4 is 9.62 Å². The maximum atomic E-state index is 14.4. The van der Waals surface area contributed by atoms with Crippen LogP contribution in [0.5, 0.6) is 0 Å². The Morgan fingerprint density at radius 2 is 1.44 bits per heavy atom. The Bertz CT molecular complexity index is 1690. The molecule has 4 aromatic rings. The van der Waals surface area contributed by atoms with Crippen molar-refractivity contribution in [2.75, 3.05) is 17.4 Å². The van der Waals surface area contributed by atoms with Crippen molar-refractivity contribution in [1.82, 2.24) is 10.2 Å². The van der Waals surface area contributed by atoms with Crippen LogP contribution in [0.25, 0.3) is 0 Å². The summed E-state index contributed by atoms with van der Waals surface area (Å²) in [5, 5.41) is 3.86. The van der Waals surface area contributed by atoms with Crippen LogP contribution in [0.15, 0.2) is 108 Å². The molecule has 11 heteroatoms. The van der Waals surface area contributed by atoms with Gasteiger partial charge in [0.05, 0.1) is 20.6 Å². The molecule has 1 atom stereocenters. The third-order valence-corrected chi connectivity index (χ3v) is 9.95. The molecule has 0 saturated heterocycles. The number of anilines is 1. The van der Waals surface area contributed by atoms with E-state index < -0.39 is 28.5 Å². The molecule has 0 saturated carbocycles. The number of hydrogen-bond donors (Lipinski definition) is 1. The van der Waals surface area contributed by atoms with E-state index in [1.54, 1.807) is 42.5 Å². The van der Waals surface area contributed by atoms with Crippen molar-refractivity contribution in [2.24, 2.45) is 0 Å². The number of benzene rings is 4. The Labute approximate surface area is 279 Å². The summed E-state index contributed by atoms with van der Waals surface area (Å²) in [5.74, 6) is -0.913. The van der Waals surface area contributed by atoms with E-state index in [0.29, 0.717) is 11.6 Å². The van der Waals surface area contributed by atoms with Gasteiger partial charge in [-0.3, -0.25) is 13.9 Å². The molecular weight excluding hydrogens is 653 g/mol. The molecule has 2 amide bonds. The maximum Gasteiger partial charge on any atom is 0.264 e. The number of unbranched alkanes of at least 4 members (excludes halogenated alkanes) is 1. The van der Waals surface area contributed by atoms with Gasteiger partial charge in [-0.25, -0.2) is 8.42 Å². The Morgan fingerprint density at radius 1 is 0.800 bits per heavy atom. The highest BCUT2D eigenvalue weighted by Gasteiger charge is 2.34. The van der Waals surface area contributed by atoms with Crippen LogP contribution in [0, 0.1) is 0 Å². The first-order valence-electron chi connectivity index (χ1n) is 14.5. The minimum atomic E-state index is -4.25. The summed E-state index contributed by atoms with van der Waals surface area (Å²) < 4.78 is 29.1. The molecule has 0 unspecified atom stereocenters. The number of sulfonamides is 1. The van der Waals surface area contributed by atoms with Crippen LogP contribution >= 0.6 is 34.8 Å². The van der Waals surface area contributed by atoms with Crippen LogP contribution in [0.2, 0.25) is 15.1 Å². The molecule has 45 heavy (non-hydrogen) atoms. The monoisotopic (exact) mass is 685 g/mol. The molecule has 0 fully saturated rings. The van der Waals surface area contributed by atoms with Crippen LogP contribution in [0.1, 0.15) is 30.9 Å². The number of amides is 2. The number of rotatable bonds is 14. The first-order chi connectivity index (χ1) is 21.6. The second kappa shape index (κ2) is 16.1. The molecule has 4 rings (SSSR count). The quantitative estimate of drug-likeness (QED) is 0.140. The van der Waals surface area contributed by atoms with Gasteiger partial charge in [0.2, 0.25) is 11.8 Å². The molecule has 236 valence electrons. The minimum absolute atomic E-state index is 0.00809. The van der Waals surface area contributed by atoms with Crippen molar-refractivity contribution >= 4 is 62.3 Å². The molecule has 0 aliphatic heterocycles. The Kier molecular flexibility index (Phi) is 12.3. The summed E-state index contributed by atoms with van der Waals surface area (Å²) in [6.45, 7) is 1.90. The lowest BCUT2D eigenvalue weighted by Gasteiger charge is -2.34. The minimum Gasteiger partial charge on any atom is -0.354 e. The molecular formula is C34H34Cl3N3O4S. The van der Waals surface area contributed by atoms with Crippen LogP contribution in [0.4, 0.5) is 5.69 Å². The highest BCUT2D eigenvalue weighted by atomic mass is 35.5. The summed E-state index contributed by atoms with van der Waals surface area (Å²) >= 11 is 18.6. The van der Waals surface area contributed by atoms with Crippen LogP contribution in [0.3, 0.4) is 0 Å². The van der Waals surface area contributed by atoms with Crippen molar-refractivity contribution in [3.8, 4) is 0 Å². The van der Waals surface area contributed by atoms with Gasteiger partial charge in [-0.15, -0.1) is 0 Å². The van der Waals surface area contributed by atoms with Gasteiger partial charge in [0.15, 0.2) is 0 Å². The van der Waals surface area contributed by atoms with E-state index in [1.165, 1.54) is 35.2 Å². The molecule has 4 aromatic carbocycles. The average molecular weight is 687 g/mol. The normalized spacial score (nSPS) is 11.9. The predicted molar refractivity (Wildman–Crippen MR) is 181 cm³/mol. The maximum absolute atomic E-state index is 14.4. The number of nitrogens with zero attached hydrogens (tertiary/aromatic N) is 2. The van der Waals surface area contributed by atoms with Gasteiger partial charge in [-0.1, -0.05) is 109 Å². The number of hydrogen-bond acceptors (Lipinski definition) is 4. The first kappa shape index (κ1) is 34.3. The lowest BCUT2D eigenvalue weighted by molar-refractivity contribution is -0.140. The van der Waals surface area contributed by atoms with E-state index in [0.717, 1.165) is 28.3 Å². The van der Waals surface area contributed by atoms with Gasteiger partial charge >= 0.3 is 0 Å². The topological polar surface area (TPSA) is 86.8 Å². The van der Waals surface area contributed by atoms with E-state index in [4.69, 9.17) is 34.8 Å². The summed E-state index contributed by atoms with van der Waals surface area (Å²) in [6, 6.07) is 27.6. The summed E-state index contributed by atoms with van der Waals surface area (Å²) in [7, 11) is -4.25. The van der Waals surface area contributed by atoms with Gasteiger partial charge in [0.1, 0.15) is 12.6 Å². The molecule has 0 bridgehead atoms. The largest absolute Gasteiger partial charge is 0.354 e. The zero-order chi connectivity index (χ0) is 32.4. The highest BCUT2D eigenvalue weighted by Crippen LogP contribution is 2.31. The number of carbonyl (C=O) groups excluding carboxylic acids is 2. The van der Waals surface area contributed by atoms with Gasteiger partial charge in [0, 0.05) is 24.5 Å². The SMILES string of the molecule is CCCCNC(=O)[C@H](Cc1ccccc1)N(Cc1ccc(Cl)cc1)C(=O)CN(c1ccc(Cl)c(Cl)c1)S(=O)(=O)c1ccccc1. The Hall–Kier alpha value is -3.56. The van der Waals surface area contributed by atoms with Crippen LogP contribution in [-0.2, 0) is 32.6 Å². The van der Waals surface area contributed by atoms with Crippen LogP contribution in [-0.4, -0.2) is 44.3 Å². The van der Waals surface area contributed by atoms with Gasteiger partial charge in [-0.2, -0.15) is 0 Å². The van der Waals surface area contributed by atoms with E-state index in [1.807, 2.05) is 37.3 Å². The Morgan fingerprint density at radius 3 is 2.07 bits per heavy atom. The van der Waals surface area contributed by atoms with E-state index in [2.05, 4.69) is 5.32 Å².